The van der Waals surface area contributed by atoms with E-state index in [9.17, 15) is 14.4 Å². The quantitative estimate of drug-likeness (QED) is 0.451. The lowest BCUT2D eigenvalue weighted by Crippen LogP contribution is -2.39. The summed E-state index contributed by atoms with van der Waals surface area (Å²) >= 11 is 6.19. The first-order valence-corrected chi connectivity index (χ1v) is 9.99. The van der Waals surface area contributed by atoms with Gasteiger partial charge in [0, 0.05) is 19.3 Å². The Labute approximate surface area is 187 Å². The van der Waals surface area contributed by atoms with Gasteiger partial charge in [-0.3, -0.25) is 23.5 Å². The summed E-state index contributed by atoms with van der Waals surface area (Å²) in [5, 5.41) is 0.233. The van der Waals surface area contributed by atoms with Gasteiger partial charge in [-0.15, -0.1) is 0 Å². The van der Waals surface area contributed by atoms with Gasteiger partial charge in [-0.25, -0.2) is 9.78 Å². The Balaban J connectivity index is 1.67. The highest BCUT2D eigenvalue weighted by molar-refractivity contribution is 6.31. The van der Waals surface area contributed by atoms with E-state index in [1.807, 2.05) is 42.5 Å². The summed E-state index contributed by atoms with van der Waals surface area (Å²) in [6.07, 6.45) is 4.53. The molecule has 4 aromatic rings. The number of H-pyrrole nitrogens is 1. The second-order valence-electron chi connectivity index (χ2n) is 7.01. The lowest BCUT2D eigenvalue weighted by Gasteiger charge is -2.19. The van der Waals surface area contributed by atoms with Crippen LogP contribution >= 0.6 is 11.6 Å². The number of carbonyl (C=O) groups is 1. The lowest BCUT2D eigenvalue weighted by molar-refractivity contribution is -0.113. The molecule has 0 fully saturated rings. The zero-order chi connectivity index (χ0) is 22.8. The number of amides is 1. The van der Waals surface area contributed by atoms with Gasteiger partial charge in [0.2, 0.25) is 0 Å². The standard InChI is InChI=1S/C22H19ClN6O3/c1-27(17(30)11-10-15-19(23)25-16-9-5-6-12-28(15)16)18-20(24)29(22(32)26-21(18)31)13-14-7-3-2-4-8-14/h2-12H,13,24H2,1H3,(H,26,31,32)/b11-10+. The number of aromatic nitrogens is 4. The minimum atomic E-state index is -0.756. The highest BCUT2D eigenvalue weighted by atomic mass is 35.5. The number of benzene rings is 1. The van der Waals surface area contributed by atoms with Gasteiger partial charge in [-0.05, 0) is 23.8 Å². The second-order valence-corrected chi connectivity index (χ2v) is 7.37. The van der Waals surface area contributed by atoms with Crippen LogP contribution in [0.4, 0.5) is 11.5 Å². The van der Waals surface area contributed by atoms with Gasteiger partial charge < -0.3 is 10.6 Å². The number of likely N-dealkylation sites (N-methyl/N-ethyl adjacent to an activating group) is 1. The van der Waals surface area contributed by atoms with E-state index < -0.39 is 17.2 Å². The van der Waals surface area contributed by atoms with Crippen LogP contribution in [0.3, 0.4) is 0 Å². The van der Waals surface area contributed by atoms with Gasteiger partial charge >= 0.3 is 5.69 Å². The Morgan fingerprint density at radius 3 is 2.66 bits per heavy atom. The second kappa shape index (κ2) is 8.56. The molecule has 0 aliphatic heterocycles. The smallest absolute Gasteiger partial charge is 0.330 e. The fourth-order valence-electron chi connectivity index (χ4n) is 3.33. The number of carbonyl (C=O) groups excluding carboxylic acids is 1. The monoisotopic (exact) mass is 450 g/mol. The Hall–Kier alpha value is -4.11. The van der Waals surface area contributed by atoms with Crippen molar-refractivity contribution >= 4 is 40.7 Å². The summed E-state index contributed by atoms with van der Waals surface area (Å²) < 4.78 is 2.94. The maximum absolute atomic E-state index is 12.8. The van der Waals surface area contributed by atoms with Crippen molar-refractivity contribution in [2.45, 2.75) is 6.54 Å². The van der Waals surface area contributed by atoms with Crippen LogP contribution in [-0.4, -0.2) is 31.9 Å². The minimum Gasteiger partial charge on any atom is -0.383 e. The molecule has 1 aromatic carbocycles. The van der Waals surface area contributed by atoms with E-state index >= 15 is 0 Å². The normalized spacial score (nSPS) is 11.3. The molecule has 0 radical (unpaired) electrons. The van der Waals surface area contributed by atoms with Crippen molar-refractivity contribution in [3.8, 4) is 0 Å². The minimum absolute atomic E-state index is 0.111. The molecule has 0 saturated heterocycles. The predicted octanol–water partition coefficient (Wildman–Crippen LogP) is 2.14. The number of nitrogen functional groups attached to an aromatic ring is 1. The average molecular weight is 451 g/mol. The number of imidazole rings is 1. The van der Waals surface area contributed by atoms with Crippen LogP contribution in [0.1, 0.15) is 11.3 Å². The average Bonchev–Trinajstić information content (AvgIpc) is 3.10. The van der Waals surface area contributed by atoms with E-state index in [0.29, 0.717) is 11.3 Å². The van der Waals surface area contributed by atoms with E-state index in [1.165, 1.54) is 23.8 Å². The fraction of sp³-hybridized carbons (Fsp3) is 0.0909. The molecule has 3 aromatic heterocycles. The Bertz CT molecular complexity index is 1450. The van der Waals surface area contributed by atoms with Gasteiger partial charge in [0.05, 0.1) is 12.2 Å². The van der Waals surface area contributed by atoms with Crippen molar-refractivity contribution in [3.05, 3.63) is 98.1 Å². The number of nitrogens with zero attached hydrogens (tertiary/aromatic N) is 4. The molecule has 0 spiro atoms. The number of rotatable bonds is 5. The topological polar surface area (TPSA) is 118 Å². The van der Waals surface area contributed by atoms with Crippen molar-refractivity contribution in [3.63, 3.8) is 0 Å². The number of aromatic amines is 1. The van der Waals surface area contributed by atoms with E-state index in [2.05, 4.69) is 9.97 Å². The molecular weight excluding hydrogens is 432 g/mol. The van der Waals surface area contributed by atoms with Gasteiger partial charge in [0.1, 0.15) is 11.5 Å². The molecule has 4 rings (SSSR count). The van der Waals surface area contributed by atoms with Crippen LogP contribution in [-0.2, 0) is 11.3 Å². The van der Waals surface area contributed by atoms with Crippen LogP contribution in [0.5, 0.6) is 0 Å². The van der Waals surface area contributed by atoms with Gasteiger partial charge in [0.15, 0.2) is 10.8 Å². The van der Waals surface area contributed by atoms with Crippen LogP contribution in [0.25, 0.3) is 11.7 Å². The zero-order valence-corrected chi connectivity index (χ0v) is 17.8. The number of nitrogens with two attached hydrogens (primary N) is 1. The largest absolute Gasteiger partial charge is 0.383 e. The van der Waals surface area contributed by atoms with Gasteiger partial charge in [0.25, 0.3) is 11.5 Å². The molecule has 162 valence electrons. The van der Waals surface area contributed by atoms with E-state index in [1.54, 1.807) is 16.7 Å². The van der Waals surface area contributed by atoms with Crippen LogP contribution in [0, 0.1) is 0 Å². The summed E-state index contributed by atoms with van der Waals surface area (Å²) in [5.41, 5.74) is 6.57. The van der Waals surface area contributed by atoms with Crippen LogP contribution < -0.4 is 21.9 Å². The van der Waals surface area contributed by atoms with Gasteiger partial charge in [-0.2, -0.15) is 0 Å². The first-order valence-electron chi connectivity index (χ1n) is 9.61. The lowest BCUT2D eigenvalue weighted by atomic mass is 10.2. The third kappa shape index (κ3) is 3.93. The fourth-order valence-corrected chi connectivity index (χ4v) is 3.57. The van der Waals surface area contributed by atoms with Crippen LogP contribution in [0.15, 0.2) is 70.4 Å². The summed E-state index contributed by atoms with van der Waals surface area (Å²) in [5.74, 6) is -0.645. The number of hydrogen-bond acceptors (Lipinski definition) is 5. The molecule has 3 N–H and O–H groups in total. The molecule has 32 heavy (non-hydrogen) atoms. The third-order valence-electron chi connectivity index (χ3n) is 4.97. The molecule has 0 aliphatic carbocycles. The molecular formula is C22H19ClN6O3. The van der Waals surface area contributed by atoms with Gasteiger partial charge in [-0.1, -0.05) is 48.0 Å². The van der Waals surface area contributed by atoms with Crippen molar-refractivity contribution in [2.24, 2.45) is 0 Å². The highest BCUT2D eigenvalue weighted by Crippen LogP contribution is 2.20. The zero-order valence-electron chi connectivity index (χ0n) is 17.0. The summed E-state index contributed by atoms with van der Waals surface area (Å²) in [4.78, 5) is 45.2. The molecule has 9 nitrogen and oxygen atoms in total. The molecule has 0 atom stereocenters. The number of nitrogens with one attached hydrogen (secondary N) is 1. The number of hydrogen-bond donors (Lipinski definition) is 2. The maximum Gasteiger partial charge on any atom is 0.330 e. The third-order valence-corrected chi connectivity index (χ3v) is 5.25. The first-order chi connectivity index (χ1) is 15.4. The highest BCUT2D eigenvalue weighted by Gasteiger charge is 2.20. The maximum atomic E-state index is 12.8. The van der Waals surface area contributed by atoms with E-state index in [0.717, 1.165) is 10.5 Å². The molecule has 0 unspecified atom stereocenters. The summed E-state index contributed by atoms with van der Waals surface area (Å²) in [6, 6.07) is 14.6. The molecule has 3 heterocycles. The Kier molecular flexibility index (Phi) is 5.65. The first kappa shape index (κ1) is 21.1. The molecule has 0 bridgehead atoms. The molecule has 0 saturated carbocycles. The van der Waals surface area contributed by atoms with Crippen molar-refractivity contribution in [1.29, 1.82) is 0 Å². The summed E-state index contributed by atoms with van der Waals surface area (Å²) in [7, 11) is 1.40. The SMILES string of the molecule is CN(C(=O)/C=C/c1c(Cl)nc2ccccn12)c1c(N)n(Cc2ccccc2)c(=O)[nH]c1=O. The number of halogens is 1. The van der Waals surface area contributed by atoms with E-state index in [4.69, 9.17) is 17.3 Å². The van der Waals surface area contributed by atoms with Crippen molar-refractivity contribution in [2.75, 3.05) is 17.7 Å². The number of fused-ring (bicyclic) bond motifs is 1. The van der Waals surface area contributed by atoms with E-state index in [-0.39, 0.29) is 23.2 Å². The number of pyridine rings is 1. The predicted molar refractivity (Wildman–Crippen MR) is 124 cm³/mol. The molecule has 10 heteroatoms. The number of anilines is 2. The summed E-state index contributed by atoms with van der Waals surface area (Å²) in [6.45, 7) is 0.143. The van der Waals surface area contributed by atoms with Crippen LogP contribution in [0.2, 0.25) is 5.15 Å². The van der Waals surface area contributed by atoms with Crippen molar-refractivity contribution in [1.82, 2.24) is 18.9 Å². The Morgan fingerprint density at radius 1 is 1.19 bits per heavy atom. The van der Waals surface area contributed by atoms with Crippen molar-refractivity contribution < 1.29 is 4.79 Å². The molecule has 0 aliphatic rings. The molecule has 1 amide bonds. The Morgan fingerprint density at radius 2 is 1.91 bits per heavy atom.